The molecule has 0 radical (unpaired) electrons. The number of ether oxygens (including phenoxy) is 6. The molecule has 0 aliphatic heterocycles. The topological polar surface area (TPSA) is 238 Å². The van der Waals surface area contributed by atoms with E-state index in [1.54, 1.807) is 0 Å². The van der Waals surface area contributed by atoms with Gasteiger partial charge in [-0.15, -0.1) is 0 Å². The zero-order valence-electron chi connectivity index (χ0n) is 25.1. The van der Waals surface area contributed by atoms with Crippen LogP contribution in [-0.4, -0.2) is 110 Å². The van der Waals surface area contributed by atoms with Gasteiger partial charge in [0.15, 0.2) is 0 Å². The van der Waals surface area contributed by atoms with E-state index in [0.29, 0.717) is 66.1 Å². The van der Waals surface area contributed by atoms with Gasteiger partial charge in [0.1, 0.15) is 0 Å². The van der Waals surface area contributed by atoms with Crippen molar-refractivity contribution < 1.29 is 28.4 Å². The summed E-state index contributed by atoms with van der Waals surface area (Å²) in [6, 6.07) is 0.297. The molecule has 0 aliphatic rings. The molecule has 0 fully saturated rings. The van der Waals surface area contributed by atoms with Crippen LogP contribution in [0.5, 0.6) is 0 Å². The Morgan fingerprint density at radius 1 is 0.474 bits per heavy atom. The van der Waals surface area contributed by atoms with Crippen LogP contribution < -0.4 is 40.1 Å². The number of nitrogens with two attached hydrogens (primary N) is 7. The molecule has 0 spiro atoms. The molecule has 0 rings (SSSR count). The van der Waals surface area contributed by atoms with Crippen LogP contribution in [0.2, 0.25) is 0 Å². The monoisotopic (exact) mass is 557 g/mol. The fourth-order valence-corrected chi connectivity index (χ4v) is 2.54. The SMILES string of the molecule is CC(N)COCC(C)N.CCC(COCC(C)N)(COCC(C)N)COCC(C)N.NCOCCOCN. The largest absolute Gasteiger partial charge is 0.379 e. The molecular formula is C25H63N7O6. The molecule has 14 N–H and O–H groups in total. The molecule has 13 heteroatoms. The lowest BCUT2D eigenvalue weighted by Gasteiger charge is -2.33. The predicted molar refractivity (Wildman–Crippen MR) is 154 cm³/mol. The van der Waals surface area contributed by atoms with Gasteiger partial charge < -0.3 is 68.6 Å². The van der Waals surface area contributed by atoms with Crippen LogP contribution in [0, 0.1) is 5.41 Å². The summed E-state index contributed by atoms with van der Waals surface area (Å²) in [6.45, 7) is 17.7. The van der Waals surface area contributed by atoms with Crippen LogP contribution >= 0.6 is 0 Å². The summed E-state index contributed by atoms with van der Waals surface area (Å²) in [4.78, 5) is 0. The lowest BCUT2D eigenvalue weighted by molar-refractivity contribution is -0.0750. The van der Waals surface area contributed by atoms with Crippen molar-refractivity contribution in [2.45, 2.75) is 78.2 Å². The predicted octanol–water partition coefficient (Wildman–Crippen LogP) is -0.976. The smallest absolute Gasteiger partial charge is 0.0941 e. The van der Waals surface area contributed by atoms with E-state index < -0.39 is 0 Å². The van der Waals surface area contributed by atoms with Gasteiger partial charge in [-0.25, -0.2) is 0 Å². The minimum absolute atomic E-state index is 0.0227. The normalized spacial score (nSPS) is 16.7. The molecular weight excluding hydrogens is 494 g/mol. The maximum absolute atomic E-state index is 5.72. The Kier molecular flexibility index (Phi) is 32.5. The van der Waals surface area contributed by atoms with Gasteiger partial charge in [-0.3, -0.25) is 0 Å². The molecule has 5 atom stereocenters. The number of hydrogen-bond donors (Lipinski definition) is 7. The highest BCUT2D eigenvalue weighted by atomic mass is 16.5. The first-order valence-corrected chi connectivity index (χ1v) is 13.5. The summed E-state index contributed by atoms with van der Waals surface area (Å²) in [7, 11) is 0. The Bertz CT molecular complexity index is 412. The summed E-state index contributed by atoms with van der Waals surface area (Å²) in [5.41, 5.74) is 37.8. The third kappa shape index (κ3) is 35.5. The van der Waals surface area contributed by atoms with Crippen LogP contribution in [0.15, 0.2) is 0 Å². The Morgan fingerprint density at radius 2 is 0.737 bits per heavy atom. The highest BCUT2D eigenvalue weighted by Gasteiger charge is 2.30. The van der Waals surface area contributed by atoms with Crippen LogP contribution in [-0.2, 0) is 28.4 Å². The zero-order chi connectivity index (χ0) is 29.8. The van der Waals surface area contributed by atoms with Crippen molar-refractivity contribution in [1.29, 1.82) is 0 Å². The third-order valence-corrected chi connectivity index (χ3v) is 4.49. The van der Waals surface area contributed by atoms with Crippen LogP contribution in [0.25, 0.3) is 0 Å². The Morgan fingerprint density at radius 3 is 0.947 bits per heavy atom. The van der Waals surface area contributed by atoms with Gasteiger partial charge in [-0.05, 0) is 41.0 Å². The highest BCUT2D eigenvalue weighted by Crippen LogP contribution is 2.24. The molecule has 5 unspecified atom stereocenters. The van der Waals surface area contributed by atoms with E-state index in [1.807, 2.05) is 34.6 Å². The Labute approximate surface area is 232 Å². The maximum atomic E-state index is 5.72. The fourth-order valence-electron chi connectivity index (χ4n) is 2.54. The highest BCUT2D eigenvalue weighted by molar-refractivity contribution is 4.78. The van der Waals surface area contributed by atoms with E-state index >= 15 is 0 Å². The molecule has 0 aromatic carbocycles. The summed E-state index contributed by atoms with van der Waals surface area (Å²) in [6.07, 6.45) is 0.893. The van der Waals surface area contributed by atoms with E-state index in [0.717, 1.165) is 6.42 Å². The second kappa shape index (κ2) is 29.5. The quantitative estimate of drug-likeness (QED) is 0.0626. The van der Waals surface area contributed by atoms with Crippen molar-refractivity contribution in [1.82, 2.24) is 0 Å². The molecule has 13 nitrogen and oxygen atoms in total. The summed E-state index contributed by atoms with van der Waals surface area (Å²) >= 11 is 0. The van der Waals surface area contributed by atoms with Gasteiger partial charge in [0, 0.05) is 35.6 Å². The molecule has 0 amide bonds. The van der Waals surface area contributed by atoms with E-state index in [4.69, 9.17) is 68.6 Å². The van der Waals surface area contributed by atoms with E-state index in [1.165, 1.54) is 0 Å². The molecule has 0 saturated carbocycles. The standard InChI is InChI=1S/C15H35N3O3.C6H16N2O.C4H12N2O2/c1-5-15(9-19-6-12(2)16,10-20-7-13(3)17)11-21-8-14(4)18;1-5(7)3-9-4-6(2)8;5-3-7-1-2-8-4-6/h12-14H,5-11,16-18H2,1-4H3;5-6H,3-4,7-8H2,1-2H3;1-6H2. The minimum Gasteiger partial charge on any atom is -0.379 e. The van der Waals surface area contributed by atoms with Gasteiger partial charge in [0.2, 0.25) is 0 Å². The maximum Gasteiger partial charge on any atom is 0.0941 e. The van der Waals surface area contributed by atoms with Gasteiger partial charge in [0.05, 0.1) is 79.5 Å². The average Bonchev–Trinajstić information content (AvgIpc) is 2.81. The van der Waals surface area contributed by atoms with E-state index in [2.05, 4.69) is 6.92 Å². The van der Waals surface area contributed by atoms with Crippen molar-refractivity contribution in [3.8, 4) is 0 Å². The van der Waals surface area contributed by atoms with Gasteiger partial charge >= 0.3 is 0 Å². The van der Waals surface area contributed by atoms with Crippen molar-refractivity contribution in [3.05, 3.63) is 0 Å². The minimum atomic E-state index is -0.182. The molecule has 0 aromatic rings. The lowest BCUT2D eigenvalue weighted by atomic mass is 9.88. The Hall–Kier alpha value is -0.520. The number of hydrogen-bond acceptors (Lipinski definition) is 13. The molecule has 38 heavy (non-hydrogen) atoms. The van der Waals surface area contributed by atoms with Crippen LogP contribution in [0.3, 0.4) is 0 Å². The second-order valence-electron chi connectivity index (χ2n) is 9.97. The van der Waals surface area contributed by atoms with E-state index in [9.17, 15) is 0 Å². The molecule has 0 saturated heterocycles. The fraction of sp³-hybridized carbons (Fsp3) is 1.00. The summed E-state index contributed by atoms with van der Waals surface area (Å²) < 4.78 is 31.7. The van der Waals surface area contributed by atoms with Crippen LogP contribution in [0.1, 0.15) is 48.0 Å². The summed E-state index contributed by atoms with van der Waals surface area (Å²) in [5, 5.41) is 0. The first kappa shape index (κ1) is 42.0. The van der Waals surface area contributed by atoms with Crippen molar-refractivity contribution >= 4 is 0 Å². The molecule has 0 aliphatic carbocycles. The molecule has 0 bridgehead atoms. The van der Waals surface area contributed by atoms with Gasteiger partial charge in [-0.2, -0.15) is 0 Å². The second-order valence-corrected chi connectivity index (χ2v) is 9.97. The molecule has 0 aromatic heterocycles. The van der Waals surface area contributed by atoms with Crippen molar-refractivity contribution in [2.75, 3.05) is 79.5 Å². The van der Waals surface area contributed by atoms with Crippen molar-refractivity contribution in [2.24, 2.45) is 45.6 Å². The molecule has 234 valence electrons. The van der Waals surface area contributed by atoms with Gasteiger partial charge in [-0.1, -0.05) is 6.92 Å². The van der Waals surface area contributed by atoms with Crippen LogP contribution in [0.4, 0.5) is 0 Å². The first-order chi connectivity index (χ1) is 17.9. The van der Waals surface area contributed by atoms with E-state index in [-0.39, 0.29) is 49.1 Å². The Balaban J connectivity index is -0.000000590. The zero-order valence-corrected chi connectivity index (χ0v) is 25.1. The number of rotatable bonds is 22. The first-order valence-electron chi connectivity index (χ1n) is 13.5. The average molecular weight is 558 g/mol. The lowest BCUT2D eigenvalue weighted by Crippen LogP contribution is -2.40. The van der Waals surface area contributed by atoms with Gasteiger partial charge in [0.25, 0.3) is 0 Å². The van der Waals surface area contributed by atoms with Crippen molar-refractivity contribution in [3.63, 3.8) is 0 Å². The third-order valence-electron chi connectivity index (χ3n) is 4.49. The summed E-state index contributed by atoms with van der Waals surface area (Å²) in [5.74, 6) is 0. The molecule has 0 heterocycles.